The van der Waals surface area contributed by atoms with Gasteiger partial charge in [-0.1, -0.05) is 13.8 Å². The Morgan fingerprint density at radius 1 is 1.39 bits per heavy atom. The highest BCUT2D eigenvalue weighted by atomic mass is 32.1. The molecule has 0 amide bonds. The summed E-state index contributed by atoms with van der Waals surface area (Å²) >= 11 is 1.90. The molecule has 0 bridgehead atoms. The number of ether oxygens (including phenoxy) is 1. The molecule has 1 heterocycles. The highest BCUT2D eigenvalue weighted by molar-refractivity contribution is 7.12. The number of aryl methyl sites for hydroxylation is 1. The van der Waals surface area contributed by atoms with Crippen LogP contribution in [0.3, 0.4) is 0 Å². The predicted octanol–water partition coefficient (Wildman–Crippen LogP) is 3.87. The first kappa shape index (κ1) is 14.0. The van der Waals surface area contributed by atoms with E-state index in [4.69, 9.17) is 4.74 Å². The Hall–Kier alpha value is -0.380. The maximum Gasteiger partial charge on any atom is 0.0731 e. The van der Waals surface area contributed by atoms with Crippen molar-refractivity contribution in [3.8, 4) is 0 Å². The van der Waals surface area contributed by atoms with Crippen molar-refractivity contribution in [1.82, 2.24) is 5.32 Å². The third-order valence-electron chi connectivity index (χ3n) is 3.65. The smallest absolute Gasteiger partial charge is 0.0731 e. The van der Waals surface area contributed by atoms with E-state index in [0.717, 1.165) is 19.2 Å². The molecule has 2 nitrogen and oxygen atoms in total. The van der Waals surface area contributed by atoms with Crippen LogP contribution in [0, 0.1) is 12.8 Å². The lowest BCUT2D eigenvalue weighted by Gasteiger charge is -2.16. The minimum Gasteiger partial charge on any atom is -0.374 e. The maximum atomic E-state index is 5.91. The van der Waals surface area contributed by atoms with E-state index in [1.54, 1.807) is 0 Å². The van der Waals surface area contributed by atoms with Gasteiger partial charge in [-0.15, -0.1) is 11.3 Å². The van der Waals surface area contributed by atoms with Crippen LogP contribution < -0.4 is 5.32 Å². The molecule has 2 rings (SSSR count). The predicted molar refractivity (Wildman–Crippen MR) is 78.0 cm³/mol. The Kier molecular flexibility index (Phi) is 4.82. The number of nitrogens with one attached hydrogen (secondary N) is 1. The Labute approximate surface area is 115 Å². The van der Waals surface area contributed by atoms with Crippen molar-refractivity contribution in [2.24, 2.45) is 5.92 Å². The average Bonchev–Trinajstić information content (AvgIpc) is 3.08. The molecule has 0 saturated heterocycles. The van der Waals surface area contributed by atoms with Crippen LogP contribution in [-0.2, 0) is 17.9 Å². The fraction of sp³-hybridized carbons (Fsp3) is 0.733. The molecule has 1 N–H and O–H groups in total. The summed E-state index contributed by atoms with van der Waals surface area (Å²) in [6.07, 6.45) is 3.04. The van der Waals surface area contributed by atoms with Crippen LogP contribution in [0.25, 0.3) is 0 Å². The van der Waals surface area contributed by atoms with E-state index in [-0.39, 0.29) is 0 Å². The van der Waals surface area contributed by atoms with Crippen molar-refractivity contribution in [2.45, 2.75) is 65.8 Å². The van der Waals surface area contributed by atoms with Crippen molar-refractivity contribution in [3.63, 3.8) is 0 Å². The van der Waals surface area contributed by atoms with Crippen LogP contribution >= 0.6 is 11.3 Å². The van der Waals surface area contributed by atoms with E-state index in [2.05, 4.69) is 39.1 Å². The van der Waals surface area contributed by atoms with Gasteiger partial charge in [-0.2, -0.15) is 0 Å². The van der Waals surface area contributed by atoms with E-state index < -0.39 is 0 Å². The second-order valence-electron chi connectivity index (χ2n) is 5.71. The van der Waals surface area contributed by atoms with E-state index >= 15 is 0 Å². The molecular formula is C15H25NOS. The van der Waals surface area contributed by atoms with Crippen LogP contribution in [0.2, 0.25) is 0 Å². The molecule has 1 saturated carbocycles. The third kappa shape index (κ3) is 4.08. The van der Waals surface area contributed by atoms with Gasteiger partial charge in [0.25, 0.3) is 0 Å². The monoisotopic (exact) mass is 267 g/mol. The molecule has 0 aliphatic heterocycles. The van der Waals surface area contributed by atoms with Crippen LogP contribution in [0.1, 0.15) is 48.9 Å². The standard InChI is InChI=1S/C15H25NOS/c1-10(2)11(3)17-9-13-7-15(18-12(13)4)8-16-14-5-6-14/h7,10-11,14,16H,5-6,8-9H2,1-4H3. The topological polar surface area (TPSA) is 21.3 Å². The molecule has 1 aliphatic carbocycles. The molecule has 1 aliphatic rings. The first-order valence-electron chi connectivity index (χ1n) is 6.99. The van der Waals surface area contributed by atoms with Crippen molar-refractivity contribution in [3.05, 3.63) is 21.4 Å². The normalized spacial score (nSPS) is 17.4. The molecule has 1 aromatic heterocycles. The zero-order chi connectivity index (χ0) is 13.1. The maximum absolute atomic E-state index is 5.91. The third-order valence-corrected chi connectivity index (χ3v) is 4.75. The highest BCUT2D eigenvalue weighted by Crippen LogP contribution is 2.25. The van der Waals surface area contributed by atoms with Crippen molar-refractivity contribution in [1.29, 1.82) is 0 Å². The van der Waals surface area contributed by atoms with Gasteiger partial charge in [0.1, 0.15) is 0 Å². The summed E-state index contributed by atoms with van der Waals surface area (Å²) in [6, 6.07) is 3.09. The van der Waals surface area contributed by atoms with Crippen LogP contribution in [-0.4, -0.2) is 12.1 Å². The Balaban J connectivity index is 1.83. The first-order chi connectivity index (χ1) is 8.56. The Morgan fingerprint density at radius 3 is 2.72 bits per heavy atom. The Morgan fingerprint density at radius 2 is 2.11 bits per heavy atom. The fourth-order valence-electron chi connectivity index (χ4n) is 1.76. The van der Waals surface area contributed by atoms with E-state index in [1.165, 1.54) is 28.2 Å². The summed E-state index contributed by atoms with van der Waals surface area (Å²) in [7, 11) is 0. The second kappa shape index (κ2) is 6.18. The minimum absolute atomic E-state index is 0.331. The molecule has 0 spiro atoms. The summed E-state index contributed by atoms with van der Waals surface area (Å²) in [5, 5.41) is 3.57. The van der Waals surface area contributed by atoms with Gasteiger partial charge in [0, 0.05) is 22.3 Å². The molecular weight excluding hydrogens is 242 g/mol. The number of rotatable bonds is 7. The van der Waals surface area contributed by atoms with Gasteiger partial charge in [-0.3, -0.25) is 0 Å². The molecule has 1 fully saturated rings. The zero-order valence-corrected chi connectivity index (χ0v) is 12.8. The van der Waals surface area contributed by atoms with Crippen LogP contribution in [0.15, 0.2) is 6.07 Å². The largest absolute Gasteiger partial charge is 0.374 e. The highest BCUT2D eigenvalue weighted by Gasteiger charge is 2.20. The molecule has 1 aromatic rings. The second-order valence-corrected chi connectivity index (χ2v) is 7.05. The fourth-order valence-corrected chi connectivity index (χ4v) is 2.76. The van der Waals surface area contributed by atoms with Crippen molar-refractivity contribution >= 4 is 11.3 Å². The van der Waals surface area contributed by atoms with Gasteiger partial charge in [-0.05, 0) is 44.2 Å². The number of hydrogen-bond donors (Lipinski definition) is 1. The summed E-state index contributed by atoms with van der Waals surface area (Å²) in [6.45, 7) is 10.5. The lowest BCUT2D eigenvalue weighted by atomic mass is 10.1. The van der Waals surface area contributed by atoms with Gasteiger partial charge in [0.2, 0.25) is 0 Å². The molecule has 3 heteroatoms. The molecule has 0 radical (unpaired) electrons. The molecule has 1 unspecified atom stereocenters. The number of thiophene rings is 1. The zero-order valence-electron chi connectivity index (χ0n) is 12.0. The van der Waals surface area contributed by atoms with Crippen molar-refractivity contribution in [2.75, 3.05) is 0 Å². The lowest BCUT2D eigenvalue weighted by Crippen LogP contribution is -2.15. The van der Waals surface area contributed by atoms with Gasteiger partial charge < -0.3 is 10.1 Å². The minimum atomic E-state index is 0.331. The van der Waals surface area contributed by atoms with Gasteiger partial charge in [0.15, 0.2) is 0 Å². The summed E-state index contributed by atoms with van der Waals surface area (Å²) < 4.78 is 5.91. The average molecular weight is 267 g/mol. The molecule has 102 valence electrons. The van der Waals surface area contributed by atoms with Crippen molar-refractivity contribution < 1.29 is 4.74 Å². The van der Waals surface area contributed by atoms with Gasteiger partial charge >= 0.3 is 0 Å². The SMILES string of the molecule is Cc1sc(CNC2CC2)cc1COC(C)C(C)C. The van der Waals surface area contributed by atoms with Gasteiger partial charge in [0.05, 0.1) is 12.7 Å². The van der Waals surface area contributed by atoms with E-state index in [0.29, 0.717) is 12.0 Å². The van der Waals surface area contributed by atoms with E-state index in [9.17, 15) is 0 Å². The lowest BCUT2D eigenvalue weighted by molar-refractivity contribution is 0.0234. The van der Waals surface area contributed by atoms with Gasteiger partial charge in [-0.25, -0.2) is 0 Å². The van der Waals surface area contributed by atoms with Crippen LogP contribution in [0.5, 0.6) is 0 Å². The summed E-state index contributed by atoms with van der Waals surface area (Å²) in [5.41, 5.74) is 1.36. The summed E-state index contributed by atoms with van der Waals surface area (Å²) in [5.74, 6) is 0.583. The first-order valence-corrected chi connectivity index (χ1v) is 7.81. The van der Waals surface area contributed by atoms with E-state index in [1.807, 2.05) is 11.3 Å². The quantitative estimate of drug-likeness (QED) is 0.809. The summed E-state index contributed by atoms with van der Waals surface area (Å²) in [4.78, 5) is 2.84. The van der Waals surface area contributed by atoms with Crippen LogP contribution in [0.4, 0.5) is 0 Å². The molecule has 0 aromatic carbocycles. The molecule has 1 atom stereocenters. The number of hydrogen-bond acceptors (Lipinski definition) is 3. The Bertz CT molecular complexity index is 382. The molecule has 18 heavy (non-hydrogen) atoms.